The van der Waals surface area contributed by atoms with E-state index in [2.05, 4.69) is 28.4 Å². The maximum absolute atomic E-state index is 13.1. The van der Waals surface area contributed by atoms with Gasteiger partial charge in [0, 0.05) is 37.9 Å². The Balaban J connectivity index is 1.21. The van der Waals surface area contributed by atoms with Crippen LogP contribution in [-0.2, 0) is 41.7 Å². The number of esters is 1. The minimum atomic E-state index is -0.616. The SMILES string of the molecule is CC(C)(C)OC(=O)C1CCCN1CC1CC(c2ccc(CO)cc2)OC(c2ccc(-c3cccc(CNC(=O)CCCCCCC(=O)NO)c3)cc2)O1. The predicted octanol–water partition coefficient (Wildman–Crippen LogP) is 6.66. The Morgan fingerprint density at radius 1 is 0.849 bits per heavy atom. The van der Waals surface area contributed by atoms with Gasteiger partial charge in [0.1, 0.15) is 11.6 Å². The van der Waals surface area contributed by atoms with Crippen LogP contribution >= 0.6 is 0 Å². The lowest BCUT2D eigenvalue weighted by Crippen LogP contribution is -2.45. The molecule has 0 saturated carbocycles. The van der Waals surface area contributed by atoms with Crippen molar-refractivity contribution in [3.8, 4) is 11.1 Å². The second-order valence-electron chi connectivity index (χ2n) is 15.1. The molecule has 0 aromatic heterocycles. The first-order valence-electron chi connectivity index (χ1n) is 18.9. The molecule has 4 N–H and O–H groups in total. The number of amides is 2. The van der Waals surface area contributed by atoms with Crippen LogP contribution in [-0.4, -0.2) is 63.8 Å². The number of aliphatic hydroxyl groups excluding tert-OH is 1. The van der Waals surface area contributed by atoms with Crippen molar-refractivity contribution in [1.29, 1.82) is 0 Å². The Bertz CT molecular complexity index is 1640. The average Bonchev–Trinajstić information content (AvgIpc) is 3.63. The summed E-state index contributed by atoms with van der Waals surface area (Å²) < 4.78 is 19.0. The van der Waals surface area contributed by atoms with Crippen LogP contribution in [0.25, 0.3) is 11.1 Å². The highest BCUT2D eigenvalue weighted by atomic mass is 16.7. The summed E-state index contributed by atoms with van der Waals surface area (Å²) in [5, 5.41) is 21.2. The fourth-order valence-electron chi connectivity index (χ4n) is 6.94. The number of carbonyl (C=O) groups is 3. The number of unbranched alkanes of at least 4 members (excludes halogenated alkanes) is 3. The summed E-state index contributed by atoms with van der Waals surface area (Å²) >= 11 is 0. The zero-order chi connectivity index (χ0) is 37.8. The number of nitrogens with one attached hydrogen (secondary N) is 2. The fraction of sp³-hybridized carbons (Fsp3) is 0.500. The van der Waals surface area contributed by atoms with E-state index in [0.29, 0.717) is 32.4 Å². The number of nitrogens with zero attached hydrogens (tertiary/aromatic N) is 1. The maximum Gasteiger partial charge on any atom is 0.323 e. The molecule has 2 aliphatic rings. The highest BCUT2D eigenvalue weighted by Gasteiger charge is 2.39. The molecule has 0 bridgehead atoms. The smallest absolute Gasteiger partial charge is 0.323 e. The van der Waals surface area contributed by atoms with Crippen molar-refractivity contribution in [2.45, 2.75) is 122 Å². The summed E-state index contributed by atoms with van der Waals surface area (Å²) in [7, 11) is 0. The number of ether oxygens (including phenoxy) is 3. The second-order valence-corrected chi connectivity index (χ2v) is 15.1. The van der Waals surface area contributed by atoms with Crippen molar-refractivity contribution in [2.24, 2.45) is 0 Å². The first kappa shape index (κ1) is 40.1. The standard InChI is InChI=1S/C42H55N3O8/c1-42(2,3)53-40(49)36-12-9-23-45(36)27-35-25-37(32-17-15-29(28-46)16-18-32)52-41(51-35)33-21-19-31(20-22-33)34-11-8-10-30(24-34)26-43-38(47)13-6-4-5-7-14-39(48)44-50/h8,10-11,15-22,24,35-37,41,46,50H,4-7,9,12-14,23,25-28H2,1-3H3,(H,43,47)(H,44,48). The van der Waals surface area contributed by atoms with E-state index in [4.69, 9.17) is 19.4 Å². The molecule has 11 nitrogen and oxygen atoms in total. The molecule has 0 radical (unpaired) electrons. The van der Waals surface area contributed by atoms with Gasteiger partial charge in [-0.15, -0.1) is 0 Å². The second kappa shape index (κ2) is 19.3. The van der Waals surface area contributed by atoms with Gasteiger partial charge in [-0.1, -0.05) is 79.6 Å². The van der Waals surface area contributed by atoms with Gasteiger partial charge in [0.2, 0.25) is 11.8 Å². The summed E-state index contributed by atoms with van der Waals surface area (Å²) in [4.78, 5) is 38.8. The summed E-state index contributed by atoms with van der Waals surface area (Å²) in [5.41, 5.74) is 6.88. The number of aliphatic hydroxyl groups is 1. The molecular formula is C42H55N3O8. The Hall–Kier alpha value is -4.13. The zero-order valence-corrected chi connectivity index (χ0v) is 31.2. The Morgan fingerprint density at radius 2 is 1.55 bits per heavy atom. The summed E-state index contributed by atoms with van der Waals surface area (Å²) in [6.45, 7) is 7.47. The quantitative estimate of drug-likeness (QED) is 0.0550. The molecule has 53 heavy (non-hydrogen) atoms. The lowest BCUT2D eigenvalue weighted by molar-refractivity contribution is -0.253. The number of likely N-dealkylation sites (tertiary alicyclic amines) is 1. The molecule has 2 aliphatic heterocycles. The van der Waals surface area contributed by atoms with Crippen LogP contribution in [0.15, 0.2) is 72.8 Å². The molecule has 2 heterocycles. The van der Waals surface area contributed by atoms with Crippen molar-refractivity contribution in [2.75, 3.05) is 13.1 Å². The van der Waals surface area contributed by atoms with E-state index in [9.17, 15) is 19.5 Å². The number of carbonyl (C=O) groups excluding carboxylic acids is 3. The van der Waals surface area contributed by atoms with Crippen LogP contribution in [0.5, 0.6) is 0 Å². The first-order chi connectivity index (χ1) is 25.5. The molecule has 2 saturated heterocycles. The minimum absolute atomic E-state index is 0.00798. The largest absolute Gasteiger partial charge is 0.459 e. The van der Waals surface area contributed by atoms with E-state index in [-0.39, 0.29) is 49.1 Å². The van der Waals surface area contributed by atoms with Crippen molar-refractivity contribution in [3.05, 3.63) is 95.1 Å². The van der Waals surface area contributed by atoms with E-state index < -0.39 is 11.9 Å². The van der Waals surface area contributed by atoms with Gasteiger partial charge < -0.3 is 24.6 Å². The lowest BCUT2D eigenvalue weighted by Gasteiger charge is -2.38. The molecule has 11 heteroatoms. The number of rotatable bonds is 16. The molecule has 286 valence electrons. The van der Waals surface area contributed by atoms with Gasteiger partial charge in [-0.3, -0.25) is 24.5 Å². The molecule has 0 spiro atoms. The van der Waals surface area contributed by atoms with Crippen LogP contribution in [0.4, 0.5) is 0 Å². The predicted molar refractivity (Wildman–Crippen MR) is 200 cm³/mol. The third-order valence-corrected chi connectivity index (χ3v) is 9.71. The highest BCUT2D eigenvalue weighted by molar-refractivity contribution is 5.77. The first-order valence-corrected chi connectivity index (χ1v) is 18.9. The lowest BCUT2D eigenvalue weighted by atomic mass is 9.98. The Morgan fingerprint density at radius 3 is 2.23 bits per heavy atom. The molecule has 3 aromatic rings. The number of hydroxylamine groups is 1. The van der Waals surface area contributed by atoms with Gasteiger partial charge in [0.25, 0.3) is 0 Å². The van der Waals surface area contributed by atoms with Gasteiger partial charge in [0.15, 0.2) is 6.29 Å². The van der Waals surface area contributed by atoms with Crippen LogP contribution in [0.2, 0.25) is 0 Å². The van der Waals surface area contributed by atoms with Gasteiger partial charge in [-0.05, 0) is 86.9 Å². The van der Waals surface area contributed by atoms with Gasteiger partial charge >= 0.3 is 5.97 Å². The third-order valence-electron chi connectivity index (χ3n) is 9.71. The van der Waals surface area contributed by atoms with Crippen LogP contribution in [0.1, 0.15) is 113 Å². The maximum atomic E-state index is 13.1. The van der Waals surface area contributed by atoms with Crippen LogP contribution < -0.4 is 10.8 Å². The summed E-state index contributed by atoms with van der Waals surface area (Å²) in [5.74, 6) is -0.582. The third kappa shape index (κ3) is 12.2. The number of hydrogen-bond donors (Lipinski definition) is 4. The normalized spacial score (nSPS) is 20.5. The number of hydrogen-bond acceptors (Lipinski definition) is 9. The summed E-state index contributed by atoms with van der Waals surface area (Å²) in [6, 6.07) is 23.8. The Kier molecular flexibility index (Phi) is 14.6. The molecule has 0 aliphatic carbocycles. The molecule has 3 aromatic carbocycles. The Labute approximate surface area is 313 Å². The molecule has 2 fully saturated rings. The highest BCUT2D eigenvalue weighted by Crippen LogP contribution is 2.39. The van der Waals surface area contributed by atoms with Gasteiger partial charge in [-0.2, -0.15) is 0 Å². The topological polar surface area (TPSA) is 147 Å². The van der Waals surface area contributed by atoms with Gasteiger partial charge in [-0.25, -0.2) is 5.48 Å². The van der Waals surface area contributed by atoms with E-state index >= 15 is 0 Å². The monoisotopic (exact) mass is 729 g/mol. The van der Waals surface area contributed by atoms with Crippen molar-refractivity contribution >= 4 is 17.8 Å². The van der Waals surface area contributed by atoms with Crippen molar-refractivity contribution in [3.63, 3.8) is 0 Å². The molecule has 5 rings (SSSR count). The van der Waals surface area contributed by atoms with Crippen LogP contribution in [0, 0.1) is 0 Å². The summed E-state index contributed by atoms with van der Waals surface area (Å²) in [6.07, 6.45) is 5.08. The van der Waals surface area contributed by atoms with E-state index in [1.807, 2.05) is 75.4 Å². The molecule has 2 amide bonds. The fourth-order valence-corrected chi connectivity index (χ4v) is 6.94. The van der Waals surface area contributed by atoms with E-state index in [1.165, 1.54) is 0 Å². The number of benzene rings is 3. The van der Waals surface area contributed by atoms with Gasteiger partial charge in [0.05, 0.1) is 18.8 Å². The molecular weight excluding hydrogens is 674 g/mol. The minimum Gasteiger partial charge on any atom is -0.459 e. The zero-order valence-electron chi connectivity index (χ0n) is 31.2. The molecule has 4 atom stereocenters. The van der Waals surface area contributed by atoms with E-state index in [1.54, 1.807) is 5.48 Å². The van der Waals surface area contributed by atoms with Crippen molar-refractivity contribution in [1.82, 2.24) is 15.7 Å². The molecule has 4 unspecified atom stereocenters. The van der Waals surface area contributed by atoms with E-state index in [0.717, 1.165) is 72.0 Å². The van der Waals surface area contributed by atoms with Crippen molar-refractivity contribution < 1.29 is 38.9 Å². The average molecular weight is 730 g/mol. The van der Waals surface area contributed by atoms with Crippen LogP contribution in [0.3, 0.4) is 0 Å².